The van der Waals surface area contributed by atoms with Crippen LogP contribution in [0.4, 0.5) is 0 Å². The first-order valence-corrected chi connectivity index (χ1v) is 16.2. The molecule has 0 aromatic heterocycles. The minimum atomic E-state index is -1.29. The minimum absolute atomic E-state index is 0.0639. The predicted octanol–water partition coefficient (Wildman–Crippen LogP) is 3.21. The Labute approximate surface area is 239 Å². The first kappa shape index (κ1) is 29.7. The molecule has 1 unspecified atom stereocenters. The van der Waals surface area contributed by atoms with E-state index in [2.05, 4.69) is 20.8 Å². The zero-order valence-corrected chi connectivity index (χ0v) is 25.0. The van der Waals surface area contributed by atoms with E-state index in [-0.39, 0.29) is 36.1 Å². The van der Waals surface area contributed by atoms with E-state index >= 15 is 0 Å². The van der Waals surface area contributed by atoms with Crippen LogP contribution in [0.1, 0.15) is 91.9 Å². The van der Waals surface area contributed by atoms with Crippen molar-refractivity contribution in [3.63, 3.8) is 0 Å². The maximum atomic E-state index is 11.8. The fraction of sp³-hybridized carbons (Fsp3) is 1.00. The van der Waals surface area contributed by atoms with Crippen LogP contribution in [0.3, 0.4) is 0 Å². The van der Waals surface area contributed by atoms with Crippen LogP contribution in [-0.4, -0.2) is 81.3 Å². The van der Waals surface area contributed by atoms with Crippen molar-refractivity contribution in [1.29, 1.82) is 0 Å². The summed E-state index contributed by atoms with van der Waals surface area (Å²) >= 11 is 0. The predicted molar refractivity (Wildman–Crippen MR) is 148 cm³/mol. The highest BCUT2D eigenvalue weighted by Crippen LogP contribution is 2.70. The highest BCUT2D eigenvalue weighted by atomic mass is 16.7. The van der Waals surface area contributed by atoms with Crippen LogP contribution in [0.15, 0.2) is 0 Å². The van der Waals surface area contributed by atoms with E-state index in [1.165, 1.54) is 32.1 Å². The number of aliphatic hydroxyl groups excluding tert-OH is 4. The summed E-state index contributed by atoms with van der Waals surface area (Å²) in [6, 6.07) is 0. The van der Waals surface area contributed by atoms with Crippen LogP contribution >= 0.6 is 0 Å². The average Bonchev–Trinajstić information content (AvgIpc) is 3.35. The Bertz CT molecular complexity index is 917. The van der Waals surface area contributed by atoms with Gasteiger partial charge in [-0.15, -0.1) is 0 Å². The van der Waals surface area contributed by atoms with Crippen molar-refractivity contribution in [1.82, 2.24) is 0 Å². The number of rotatable bonds is 6. The number of ether oxygens (including phenoxy) is 3. The van der Waals surface area contributed by atoms with Gasteiger partial charge in [0.05, 0.1) is 25.4 Å². The smallest absolute Gasteiger partial charge is 0.186 e. The fourth-order valence-electron chi connectivity index (χ4n) is 10.9. The fourth-order valence-corrected chi connectivity index (χ4v) is 10.9. The SMILES string of the molecule is C[C@@H](CCC1(O)O[C@H]2C[C@H]3[C@@H]4CC[C@@H]5C[C@@H](O)CC[C@]5(C)[C@H]4CC[C@]3(C)[C@H]2[C@@H]1C)CO[C@@H]1OC[C@@H](O)[C@H](O)[C@H]1O. The van der Waals surface area contributed by atoms with Gasteiger partial charge in [-0.25, -0.2) is 0 Å². The van der Waals surface area contributed by atoms with Crippen molar-refractivity contribution in [3.05, 3.63) is 0 Å². The van der Waals surface area contributed by atoms with Crippen LogP contribution in [0, 0.1) is 52.3 Å². The van der Waals surface area contributed by atoms with Gasteiger partial charge in [-0.05, 0) is 104 Å². The van der Waals surface area contributed by atoms with Crippen LogP contribution < -0.4 is 0 Å². The van der Waals surface area contributed by atoms with E-state index in [4.69, 9.17) is 14.2 Å². The molecular weight excluding hydrogens is 512 g/mol. The van der Waals surface area contributed by atoms with Gasteiger partial charge in [-0.1, -0.05) is 27.7 Å². The van der Waals surface area contributed by atoms with E-state index in [1.807, 2.05) is 6.92 Å². The summed E-state index contributed by atoms with van der Waals surface area (Å²) < 4.78 is 17.7. The molecule has 2 saturated heterocycles. The summed E-state index contributed by atoms with van der Waals surface area (Å²) in [5.41, 5.74) is 0.560. The summed E-state index contributed by atoms with van der Waals surface area (Å²) in [5.74, 6) is 2.20. The molecule has 6 aliphatic rings. The summed E-state index contributed by atoms with van der Waals surface area (Å²) in [7, 11) is 0. The van der Waals surface area contributed by atoms with E-state index < -0.39 is 30.4 Å². The molecule has 4 saturated carbocycles. The molecule has 0 bridgehead atoms. The molecule has 0 radical (unpaired) electrons. The summed E-state index contributed by atoms with van der Waals surface area (Å²) in [5, 5.41) is 51.8. The van der Waals surface area contributed by atoms with Crippen LogP contribution in [0.2, 0.25) is 0 Å². The third-order valence-corrected chi connectivity index (χ3v) is 13.3. The molecule has 40 heavy (non-hydrogen) atoms. The Morgan fingerprint density at radius 3 is 2.45 bits per heavy atom. The lowest BCUT2D eigenvalue weighted by Crippen LogP contribution is -2.54. The Kier molecular flexibility index (Phi) is 7.95. The van der Waals surface area contributed by atoms with Crippen molar-refractivity contribution < 1.29 is 39.7 Å². The highest BCUT2D eigenvalue weighted by Gasteiger charge is 2.68. The minimum Gasteiger partial charge on any atom is -0.393 e. The average molecular weight is 567 g/mol. The molecule has 8 nitrogen and oxygen atoms in total. The van der Waals surface area contributed by atoms with E-state index in [9.17, 15) is 25.5 Å². The molecule has 230 valence electrons. The molecule has 2 aliphatic heterocycles. The number of hydrogen-bond donors (Lipinski definition) is 5. The van der Waals surface area contributed by atoms with Crippen LogP contribution in [0.25, 0.3) is 0 Å². The van der Waals surface area contributed by atoms with Gasteiger partial charge in [0, 0.05) is 12.3 Å². The number of aliphatic hydroxyl groups is 5. The molecule has 6 rings (SSSR count). The number of fused-ring (bicyclic) bond motifs is 7. The monoisotopic (exact) mass is 566 g/mol. The standard InChI is InChI=1S/C32H54O8/c1-17(15-38-29-28(36)27(35)24(34)16-39-29)7-12-32(37)18(2)26-25(40-32)14-23-21-6-5-19-13-20(33)8-10-30(19,3)22(21)9-11-31(23,26)4/h17-29,33-37H,5-16H2,1-4H3/t17-,18-,19+,20-,21+,22-,23-,24+,25-,26-,27-,28+,29+,30-,31-,32?/m0/s1. The zero-order chi connectivity index (χ0) is 28.6. The van der Waals surface area contributed by atoms with E-state index in [0.717, 1.165) is 31.1 Å². The second kappa shape index (κ2) is 10.7. The Morgan fingerprint density at radius 1 is 0.925 bits per heavy atom. The first-order valence-electron chi connectivity index (χ1n) is 16.2. The first-order chi connectivity index (χ1) is 18.9. The molecule has 5 N–H and O–H groups in total. The van der Waals surface area contributed by atoms with Crippen molar-refractivity contribution in [2.45, 2.75) is 135 Å². The molecule has 16 atom stereocenters. The molecule has 0 spiro atoms. The van der Waals surface area contributed by atoms with Crippen LogP contribution in [0.5, 0.6) is 0 Å². The second-order valence-electron chi connectivity index (χ2n) is 15.4. The molecule has 2 heterocycles. The lowest BCUT2D eigenvalue weighted by molar-refractivity contribution is -0.273. The van der Waals surface area contributed by atoms with Gasteiger partial charge in [0.1, 0.15) is 18.3 Å². The second-order valence-corrected chi connectivity index (χ2v) is 15.4. The third-order valence-electron chi connectivity index (χ3n) is 13.3. The van der Waals surface area contributed by atoms with Crippen molar-refractivity contribution in [2.24, 2.45) is 52.3 Å². The van der Waals surface area contributed by atoms with E-state index in [1.54, 1.807) is 0 Å². The van der Waals surface area contributed by atoms with Crippen molar-refractivity contribution >= 4 is 0 Å². The normalized spacial score (nSPS) is 56.6. The van der Waals surface area contributed by atoms with Gasteiger partial charge in [0.2, 0.25) is 0 Å². The number of hydrogen-bond acceptors (Lipinski definition) is 8. The van der Waals surface area contributed by atoms with Gasteiger partial charge in [0.25, 0.3) is 0 Å². The van der Waals surface area contributed by atoms with Crippen LogP contribution in [-0.2, 0) is 14.2 Å². The topological polar surface area (TPSA) is 129 Å². The molecule has 0 aromatic carbocycles. The molecule has 0 amide bonds. The Morgan fingerprint density at radius 2 is 1.68 bits per heavy atom. The summed E-state index contributed by atoms with van der Waals surface area (Å²) in [6.07, 6.45) is 5.78. The van der Waals surface area contributed by atoms with E-state index in [0.29, 0.717) is 42.6 Å². The molecule has 4 aliphatic carbocycles. The Balaban J connectivity index is 1.06. The quantitative estimate of drug-likeness (QED) is 0.332. The van der Waals surface area contributed by atoms with Gasteiger partial charge in [-0.2, -0.15) is 0 Å². The lowest BCUT2D eigenvalue weighted by atomic mass is 9.44. The molecule has 0 aromatic rings. The maximum absolute atomic E-state index is 11.8. The van der Waals surface area contributed by atoms with Gasteiger partial charge in [0.15, 0.2) is 12.1 Å². The highest BCUT2D eigenvalue weighted by molar-refractivity contribution is 5.15. The maximum Gasteiger partial charge on any atom is 0.186 e. The summed E-state index contributed by atoms with van der Waals surface area (Å²) in [6.45, 7) is 9.53. The summed E-state index contributed by atoms with van der Waals surface area (Å²) in [4.78, 5) is 0. The third kappa shape index (κ3) is 4.72. The molecule has 8 heteroatoms. The van der Waals surface area contributed by atoms with Gasteiger partial charge >= 0.3 is 0 Å². The largest absolute Gasteiger partial charge is 0.393 e. The lowest BCUT2D eigenvalue weighted by Gasteiger charge is -2.61. The molecule has 6 fully saturated rings. The van der Waals surface area contributed by atoms with Crippen molar-refractivity contribution in [3.8, 4) is 0 Å². The Hall–Kier alpha value is -0.320. The van der Waals surface area contributed by atoms with Crippen molar-refractivity contribution in [2.75, 3.05) is 13.2 Å². The molecular formula is C32H54O8. The van der Waals surface area contributed by atoms with Gasteiger partial charge in [-0.3, -0.25) is 0 Å². The van der Waals surface area contributed by atoms with Gasteiger partial charge < -0.3 is 39.7 Å². The zero-order valence-electron chi connectivity index (χ0n) is 25.0.